The summed E-state index contributed by atoms with van der Waals surface area (Å²) in [6, 6.07) is 0. The lowest BCUT2D eigenvalue weighted by atomic mass is 10.2. The molecule has 0 atom stereocenters. The number of nitrogens with two attached hydrogens (primary N) is 1. The molecule has 0 fully saturated rings. The van der Waals surface area contributed by atoms with Crippen molar-refractivity contribution >= 4 is 11.5 Å². The maximum Gasteiger partial charge on any atom is 0.182 e. The molecular weight excluding hydrogens is 130 g/mol. The maximum absolute atomic E-state index is 10.7. The number of Topliss-reactive ketones (excluding diaryl/α,β-unsaturated/α-hetero) is 1. The fourth-order valence-electron chi connectivity index (χ4n) is 0.706. The Hall–Kier alpha value is -1.32. The van der Waals surface area contributed by atoms with Crippen LogP contribution in [0.5, 0.6) is 0 Å². The van der Waals surface area contributed by atoms with Gasteiger partial charge in [0.25, 0.3) is 0 Å². The molecule has 54 valence electrons. The van der Waals surface area contributed by atoms with Gasteiger partial charge in [0.2, 0.25) is 0 Å². The summed E-state index contributed by atoms with van der Waals surface area (Å²) in [5.74, 6) is -0.109. The third-order valence-electron chi connectivity index (χ3n) is 1.33. The molecule has 0 spiro atoms. The first-order chi connectivity index (χ1) is 4.63. The number of nitrogens with one attached hydrogen (secondary N) is 1. The standard InChI is InChI=1S/C6H9N3O/c1-3-5(7)6(4(2)10)9-8-3/h7H2,1-2H3,(H,8,9). The van der Waals surface area contributed by atoms with Crippen molar-refractivity contribution in [1.29, 1.82) is 0 Å². The van der Waals surface area contributed by atoms with Crippen molar-refractivity contribution in [3.05, 3.63) is 11.4 Å². The molecule has 0 radical (unpaired) electrons. The van der Waals surface area contributed by atoms with Crippen LogP contribution in [0, 0.1) is 6.92 Å². The van der Waals surface area contributed by atoms with E-state index in [-0.39, 0.29) is 5.78 Å². The van der Waals surface area contributed by atoms with E-state index in [4.69, 9.17) is 5.73 Å². The van der Waals surface area contributed by atoms with Crippen LogP contribution in [0.15, 0.2) is 0 Å². The van der Waals surface area contributed by atoms with Crippen LogP contribution < -0.4 is 5.73 Å². The number of aromatic amines is 1. The van der Waals surface area contributed by atoms with Gasteiger partial charge < -0.3 is 5.73 Å². The molecule has 0 aromatic carbocycles. The van der Waals surface area contributed by atoms with E-state index in [9.17, 15) is 4.79 Å². The molecule has 1 heterocycles. The number of hydrogen-bond acceptors (Lipinski definition) is 3. The average Bonchev–Trinajstić information content (AvgIpc) is 2.14. The number of nitrogen functional groups attached to an aromatic ring is 1. The fourth-order valence-corrected chi connectivity index (χ4v) is 0.706. The molecule has 1 aromatic rings. The number of H-pyrrole nitrogens is 1. The molecule has 4 nitrogen and oxygen atoms in total. The van der Waals surface area contributed by atoms with E-state index in [1.54, 1.807) is 6.92 Å². The fraction of sp³-hybridized carbons (Fsp3) is 0.333. The second kappa shape index (κ2) is 2.13. The Morgan fingerprint density at radius 2 is 2.30 bits per heavy atom. The largest absolute Gasteiger partial charge is 0.395 e. The van der Waals surface area contributed by atoms with E-state index in [0.717, 1.165) is 5.69 Å². The monoisotopic (exact) mass is 139 g/mol. The van der Waals surface area contributed by atoms with Gasteiger partial charge in [-0.15, -0.1) is 0 Å². The molecule has 0 bridgehead atoms. The topological polar surface area (TPSA) is 71.8 Å². The number of nitrogens with zero attached hydrogens (tertiary/aromatic N) is 1. The number of aryl methyl sites for hydroxylation is 1. The molecule has 0 saturated carbocycles. The molecule has 1 rings (SSSR count). The number of carbonyl (C=O) groups is 1. The van der Waals surface area contributed by atoms with Crippen molar-refractivity contribution in [3.8, 4) is 0 Å². The molecular formula is C6H9N3O. The van der Waals surface area contributed by atoms with E-state index in [1.165, 1.54) is 6.92 Å². The first-order valence-corrected chi connectivity index (χ1v) is 2.94. The van der Waals surface area contributed by atoms with Gasteiger partial charge in [0, 0.05) is 6.92 Å². The minimum Gasteiger partial charge on any atom is -0.395 e. The Kier molecular flexibility index (Phi) is 1.45. The first-order valence-electron chi connectivity index (χ1n) is 2.94. The molecule has 4 heteroatoms. The Balaban J connectivity index is 3.17. The highest BCUT2D eigenvalue weighted by Crippen LogP contribution is 2.11. The molecule has 0 amide bonds. The van der Waals surface area contributed by atoms with Gasteiger partial charge in [-0.3, -0.25) is 9.89 Å². The van der Waals surface area contributed by atoms with E-state index in [0.29, 0.717) is 11.4 Å². The summed E-state index contributed by atoms with van der Waals surface area (Å²) >= 11 is 0. The summed E-state index contributed by atoms with van der Waals surface area (Å²) in [4.78, 5) is 10.7. The average molecular weight is 139 g/mol. The molecule has 0 unspecified atom stereocenters. The first kappa shape index (κ1) is 6.80. The Morgan fingerprint density at radius 1 is 1.70 bits per heavy atom. The maximum atomic E-state index is 10.7. The molecule has 1 aromatic heterocycles. The van der Waals surface area contributed by atoms with Gasteiger partial charge in [-0.1, -0.05) is 0 Å². The Bertz CT molecular complexity index is 264. The lowest BCUT2D eigenvalue weighted by molar-refractivity contribution is 0.101. The Labute approximate surface area is 58.4 Å². The minimum absolute atomic E-state index is 0.109. The SMILES string of the molecule is CC(=O)c1n[nH]c(C)c1N. The normalized spacial score (nSPS) is 9.80. The van der Waals surface area contributed by atoms with Crippen LogP contribution in [0.2, 0.25) is 0 Å². The summed E-state index contributed by atoms with van der Waals surface area (Å²) in [7, 11) is 0. The number of anilines is 1. The van der Waals surface area contributed by atoms with Crippen LogP contribution in [0.4, 0.5) is 5.69 Å². The highest BCUT2D eigenvalue weighted by molar-refractivity contribution is 5.97. The summed E-state index contributed by atoms with van der Waals surface area (Å²) in [5, 5.41) is 6.34. The van der Waals surface area contributed by atoms with Gasteiger partial charge in [0.15, 0.2) is 11.5 Å². The van der Waals surface area contributed by atoms with Gasteiger partial charge in [0.05, 0.1) is 11.4 Å². The highest BCUT2D eigenvalue weighted by atomic mass is 16.1. The summed E-state index contributed by atoms with van der Waals surface area (Å²) in [6.07, 6.45) is 0. The minimum atomic E-state index is -0.109. The second-order valence-electron chi connectivity index (χ2n) is 2.17. The van der Waals surface area contributed by atoms with E-state index in [2.05, 4.69) is 10.2 Å². The smallest absolute Gasteiger partial charge is 0.182 e. The number of carbonyl (C=O) groups excluding carboxylic acids is 1. The van der Waals surface area contributed by atoms with Crippen LogP contribution in [-0.2, 0) is 0 Å². The summed E-state index contributed by atoms with van der Waals surface area (Å²) in [6.45, 7) is 3.21. The van der Waals surface area contributed by atoms with Crippen molar-refractivity contribution < 1.29 is 4.79 Å². The molecule has 3 N–H and O–H groups in total. The van der Waals surface area contributed by atoms with E-state index < -0.39 is 0 Å². The van der Waals surface area contributed by atoms with Crippen molar-refractivity contribution in [2.45, 2.75) is 13.8 Å². The van der Waals surface area contributed by atoms with Crippen molar-refractivity contribution in [2.75, 3.05) is 5.73 Å². The van der Waals surface area contributed by atoms with Gasteiger partial charge in [0.1, 0.15) is 0 Å². The lowest BCUT2D eigenvalue weighted by Gasteiger charge is -1.88. The van der Waals surface area contributed by atoms with Gasteiger partial charge in [-0.05, 0) is 6.92 Å². The quantitative estimate of drug-likeness (QED) is 0.556. The number of rotatable bonds is 1. The zero-order valence-corrected chi connectivity index (χ0v) is 5.93. The predicted molar refractivity (Wildman–Crippen MR) is 37.7 cm³/mol. The van der Waals surface area contributed by atoms with Gasteiger partial charge >= 0.3 is 0 Å². The van der Waals surface area contributed by atoms with E-state index in [1.807, 2.05) is 0 Å². The predicted octanol–water partition coefficient (Wildman–Crippen LogP) is 0.503. The number of hydrogen-bond donors (Lipinski definition) is 2. The number of aromatic nitrogens is 2. The van der Waals surface area contributed by atoms with Gasteiger partial charge in [-0.25, -0.2) is 0 Å². The molecule has 0 aliphatic carbocycles. The third-order valence-corrected chi connectivity index (χ3v) is 1.33. The van der Waals surface area contributed by atoms with Crippen LogP contribution in [-0.4, -0.2) is 16.0 Å². The molecule has 0 saturated heterocycles. The van der Waals surface area contributed by atoms with Crippen LogP contribution in [0.25, 0.3) is 0 Å². The second-order valence-corrected chi connectivity index (χ2v) is 2.17. The molecule has 0 aliphatic rings. The van der Waals surface area contributed by atoms with E-state index >= 15 is 0 Å². The molecule has 10 heavy (non-hydrogen) atoms. The third kappa shape index (κ3) is 0.877. The summed E-state index contributed by atoms with van der Waals surface area (Å²) < 4.78 is 0. The van der Waals surface area contributed by atoms with Gasteiger partial charge in [-0.2, -0.15) is 5.10 Å². The Morgan fingerprint density at radius 3 is 2.50 bits per heavy atom. The number of ketones is 1. The summed E-state index contributed by atoms with van der Waals surface area (Å²) in [5.41, 5.74) is 7.01. The van der Waals surface area contributed by atoms with Crippen molar-refractivity contribution in [3.63, 3.8) is 0 Å². The van der Waals surface area contributed by atoms with Crippen LogP contribution in [0.1, 0.15) is 23.1 Å². The van der Waals surface area contributed by atoms with Crippen molar-refractivity contribution in [2.24, 2.45) is 0 Å². The zero-order valence-electron chi connectivity index (χ0n) is 5.93. The zero-order chi connectivity index (χ0) is 7.72. The van der Waals surface area contributed by atoms with Crippen molar-refractivity contribution in [1.82, 2.24) is 10.2 Å². The molecule has 0 aliphatic heterocycles. The van der Waals surface area contributed by atoms with Crippen LogP contribution >= 0.6 is 0 Å². The highest BCUT2D eigenvalue weighted by Gasteiger charge is 2.09. The van der Waals surface area contributed by atoms with Crippen LogP contribution in [0.3, 0.4) is 0 Å². The lowest BCUT2D eigenvalue weighted by Crippen LogP contribution is -1.97.